The van der Waals surface area contributed by atoms with Crippen LogP contribution in [0.4, 0.5) is 0 Å². The second-order valence-corrected chi connectivity index (χ2v) is 6.63. The molecule has 102 valence electrons. The average Bonchev–Trinajstić information content (AvgIpc) is 2.88. The maximum absolute atomic E-state index is 4.60. The number of nitrogens with one attached hydrogen (secondary N) is 1. The van der Waals surface area contributed by atoms with Crippen LogP contribution < -0.4 is 0 Å². The van der Waals surface area contributed by atoms with Gasteiger partial charge in [0.2, 0.25) is 0 Å². The minimum Gasteiger partial charge on any atom is -0.359 e. The molecule has 0 atom stereocenters. The van der Waals surface area contributed by atoms with Gasteiger partial charge in [-0.05, 0) is 17.7 Å². The van der Waals surface area contributed by atoms with Crippen molar-refractivity contribution in [2.45, 2.75) is 30.4 Å². The van der Waals surface area contributed by atoms with Crippen molar-refractivity contribution < 1.29 is 0 Å². The van der Waals surface area contributed by atoms with E-state index in [9.17, 15) is 0 Å². The molecule has 0 fully saturated rings. The number of H-pyrrole nitrogens is 1. The summed E-state index contributed by atoms with van der Waals surface area (Å²) < 4.78 is 0. The first-order valence-electron chi connectivity index (χ1n) is 6.76. The van der Waals surface area contributed by atoms with E-state index in [1.165, 1.54) is 10.5 Å². The van der Waals surface area contributed by atoms with Crippen molar-refractivity contribution in [3.05, 3.63) is 54.1 Å². The molecule has 0 saturated heterocycles. The molecular formula is C16H17N3S. The van der Waals surface area contributed by atoms with Gasteiger partial charge in [0.05, 0.1) is 17.2 Å². The first-order valence-corrected chi connectivity index (χ1v) is 7.64. The fraction of sp³-hybridized carbons (Fsp3) is 0.250. The molecule has 2 heterocycles. The Labute approximate surface area is 122 Å². The summed E-state index contributed by atoms with van der Waals surface area (Å²) in [5, 5.41) is 0.573. The lowest BCUT2D eigenvalue weighted by Crippen LogP contribution is -1.98. The van der Waals surface area contributed by atoms with E-state index in [0.29, 0.717) is 5.25 Å². The Hall–Kier alpha value is -1.81. The molecule has 0 aliphatic heterocycles. The Morgan fingerprint density at radius 1 is 1.20 bits per heavy atom. The van der Waals surface area contributed by atoms with E-state index in [4.69, 9.17) is 0 Å². The molecule has 3 rings (SSSR count). The topological polar surface area (TPSA) is 41.6 Å². The monoisotopic (exact) mass is 283 g/mol. The fourth-order valence-corrected chi connectivity index (χ4v) is 3.11. The molecule has 3 aromatic rings. The van der Waals surface area contributed by atoms with Gasteiger partial charge in [0.15, 0.2) is 0 Å². The van der Waals surface area contributed by atoms with Gasteiger partial charge in [-0.1, -0.05) is 32.0 Å². The maximum Gasteiger partial charge on any atom is 0.133 e. The summed E-state index contributed by atoms with van der Waals surface area (Å²) in [6.07, 6.45) is 4.53. The van der Waals surface area contributed by atoms with Gasteiger partial charge in [0, 0.05) is 22.8 Å². The highest BCUT2D eigenvalue weighted by Crippen LogP contribution is 2.27. The minimum absolute atomic E-state index is 0.573. The molecule has 2 aromatic heterocycles. The standard InChI is InChI=1S/C16H17N3S/c1-11(2)20-15-6-4-3-5-12(15)9-16-18-10-14-13(19-16)7-8-17-14/h3-8,10-11,17H,9H2,1-2H3. The van der Waals surface area contributed by atoms with Crippen LogP contribution in [0.2, 0.25) is 0 Å². The molecule has 20 heavy (non-hydrogen) atoms. The zero-order valence-corrected chi connectivity index (χ0v) is 12.4. The number of nitrogens with zero attached hydrogens (tertiary/aromatic N) is 2. The van der Waals surface area contributed by atoms with Crippen molar-refractivity contribution >= 4 is 22.8 Å². The molecular weight excluding hydrogens is 266 g/mol. The Kier molecular flexibility index (Phi) is 3.74. The number of thioether (sulfide) groups is 1. The van der Waals surface area contributed by atoms with Crippen molar-refractivity contribution in [2.75, 3.05) is 0 Å². The second kappa shape index (κ2) is 5.67. The summed E-state index contributed by atoms with van der Waals surface area (Å²) in [5.74, 6) is 0.869. The molecule has 1 N–H and O–H groups in total. The molecule has 3 nitrogen and oxygen atoms in total. The second-order valence-electron chi connectivity index (χ2n) is 5.01. The van der Waals surface area contributed by atoms with Gasteiger partial charge in [-0.3, -0.25) is 0 Å². The SMILES string of the molecule is CC(C)Sc1ccccc1Cc1ncc2[nH]ccc2n1. The van der Waals surface area contributed by atoms with Gasteiger partial charge in [0.1, 0.15) is 5.82 Å². The van der Waals surface area contributed by atoms with Crippen LogP contribution in [0.5, 0.6) is 0 Å². The first kappa shape index (κ1) is 13.2. The number of rotatable bonds is 4. The lowest BCUT2D eigenvalue weighted by molar-refractivity contribution is 0.970. The molecule has 0 amide bonds. The third-order valence-electron chi connectivity index (χ3n) is 3.03. The molecule has 0 spiro atoms. The highest BCUT2D eigenvalue weighted by Gasteiger charge is 2.08. The predicted molar refractivity (Wildman–Crippen MR) is 84.1 cm³/mol. The van der Waals surface area contributed by atoms with E-state index in [0.717, 1.165) is 23.3 Å². The highest BCUT2D eigenvalue weighted by atomic mass is 32.2. The highest BCUT2D eigenvalue weighted by molar-refractivity contribution is 8.00. The molecule has 0 aliphatic carbocycles. The Balaban J connectivity index is 1.90. The van der Waals surface area contributed by atoms with Crippen LogP contribution in [0.1, 0.15) is 25.2 Å². The number of benzene rings is 1. The van der Waals surface area contributed by atoms with Crippen LogP contribution >= 0.6 is 11.8 Å². The maximum atomic E-state index is 4.60. The largest absolute Gasteiger partial charge is 0.359 e. The lowest BCUT2D eigenvalue weighted by atomic mass is 10.1. The molecule has 0 unspecified atom stereocenters. The van der Waals surface area contributed by atoms with Crippen LogP contribution in [0.25, 0.3) is 11.0 Å². The van der Waals surface area contributed by atoms with Crippen LogP contribution in [0, 0.1) is 0 Å². The molecule has 4 heteroatoms. The van der Waals surface area contributed by atoms with E-state index < -0.39 is 0 Å². The minimum atomic E-state index is 0.573. The quantitative estimate of drug-likeness (QED) is 0.734. The van der Waals surface area contributed by atoms with Crippen LogP contribution in [0.3, 0.4) is 0 Å². The van der Waals surface area contributed by atoms with Crippen molar-refractivity contribution in [2.24, 2.45) is 0 Å². The summed E-state index contributed by atoms with van der Waals surface area (Å²) in [6.45, 7) is 4.42. The molecule has 0 radical (unpaired) electrons. The molecule has 1 aromatic carbocycles. The van der Waals surface area contributed by atoms with Crippen molar-refractivity contribution in [1.82, 2.24) is 15.0 Å². The van der Waals surface area contributed by atoms with Crippen LogP contribution in [0.15, 0.2) is 47.6 Å². The summed E-state index contributed by atoms with van der Waals surface area (Å²) in [6, 6.07) is 10.5. The predicted octanol–water partition coefficient (Wildman–Crippen LogP) is 4.05. The van der Waals surface area contributed by atoms with E-state index in [2.05, 4.69) is 53.1 Å². The Morgan fingerprint density at radius 2 is 2.05 bits per heavy atom. The summed E-state index contributed by atoms with van der Waals surface area (Å²) in [7, 11) is 0. The summed E-state index contributed by atoms with van der Waals surface area (Å²) >= 11 is 1.89. The van der Waals surface area contributed by atoms with Crippen LogP contribution in [-0.2, 0) is 6.42 Å². The number of hydrogen-bond donors (Lipinski definition) is 1. The zero-order valence-electron chi connectivity index (χ0n) is 11.6. The summed E-state index contributed by atoms with van der Waals surface area (Å²) in [5.41, 5.74) is 3.25. The zero-order chi connectivity index (χ0) is 13.9. The fourth-order valence-electron chi connectivity index (χ4n) is 2.16. The van der Waals surface area contributed by atoms with Crippen LogP contribution in [-0.4, -0.2) is 20.2 Å². The Bertz CT molecular complexity index is 718. The summed E-state index contributed by atoms with van der Waals surface area (Å²) in [4.78, 5) is 13.5. The van der Waals surface area contributed by atoms with E-state index in [1.54, 1.807) is 0 Å². The van der Waals surface area contributed by atoms with Gasteiger partial charge in [-0.15, -0.1) is 11.8 Å². The normalized spacial score (nSPS) is 11.3. The number of aromatic amines is 1. The smallest absolute Gasteiger partial charge is 0.133 e. The van der Waals surface area contributed by atoms with Gasteiger partial charge in [-0.2, -0.15) is 0 Å². The lowest BCUT2D eigenvalue weighted by Gasteiger charge is -2.10. The Morgan fingerprint density at radius 3 is 2.90 bits per heavy atom. The first-order chi connectivity index (χ1) is 9.72. The number of hydrogen-bond acceptors (Lipinski definition) is 3. The average molecular weight is 283 g/mol. The number of aromatic nitrogens is 3. The third-order valence-corrected chi connectivity index (χ3v) is 4.16. The van der Waals surface area contributed by atoms with Gasteiger partial charge in [-0.25, -0.2) is 9.97 Å². The molecule has 0 saturated carbocycles. The van der Waals surface area contributed by atoms with Crippen molar-refractivity contribution in [3.8, 4) is 0 Å². The van der Waals surface area contributed by atoms with E-state index in [1.807, 2.05) is 30.2 Å². The van der Waals surface area contributed by atoms with Gasteiger partial charge >= 0.3 is 0 Å². The molecule has 0 bridgehead atoms. The van der Waals surface area contributed by atoms with Crippen molar-refractivity contribution in [1.29, 1.82) is 0 Å². The van der Waals surface area contributed by atoms with Gasteiger partial charge < -0.3 is 4.98 Å². The van der Waals surface area contributed by atoms with Gasteiger partial charge in [0.25, 0.3) is 0 Å². The van der Waals surface area contributed by atoms with Crippen molar-refractivity contribution in [3.63, 3.8) is 0 Å². The van der Waals surface area contributed by atoms with E-state index >= 15 is 0 Å². The third kappa shape index (κ3) is 2.85. The van der Waals surface area contributed by atoms with E-state index in [-0.39, 0.29) is 0 Å². The molecule has 0 aliphatic rings. The number of fused-ring (bicyclic) bond motifs is 1.